The van der Waals surface area contributed by atoms with Crippen LogP contribution >= 0.6 is 0 Å². The number of ether oxygens (including phenoxy) is 5. The van der Waals surface area contributed by atoms with Crippen LogP contribution in [0.2, 0.25) is 0 Å². The average Bonchev–Trinajstić information content (AvgIpc) is 3.24. The fourth-order valence-corrected chi connectivity index (χ4v) is 6.64. The van der Waals surface area contributed by atoms with Gasteiger partial charge in [0.2, 0.25) is 0 Å². The molecular weight excluding hydrogens is 446 g/mol. The number of rotatable bonds is 7. The van der Waals surface area contributed by atoms with Crippen LogP contribution in [0.5, 0.6) is 11.5 Å². The van der Waals surface area contributed by atoms with Gasteiger partial charge in [-0.25, -0.2) is 4.79 Å². The first-order valence-electron chi connectivity index (χ1n) is 12.2. The van der Waals surface area contributed by atoms with Crippen LogP contribution in [0.15, 0.2) is 48.6 Å². The molecule has 1 saturated heterocycles. The van der Waals surface area contributed by atoms with Crippen molar-refractivity contribution in [2.75, 3.05) is 34.6 Å². The number of carbonyl (C=O) groups is 1. The Bertz CT molecular complexity index is 1160. The summed E-state index contributed by atoms with van der Waals surface area (Å²) in [6, 6.07) is 12.0. The van der Waals surface area contributed by atoms with E-state index in [1.165, 1.54) is 18.2 Å². The molecule has 2 aliphatic heterocycles. The fraction of sp³-hybridized carbons (Fsp3) is 0.464. The summed E-state index contributed by atoms with van der Waals surface area (Å²) < 4.78 is 29.1. The lowest BCUT2D eigenvalue weighted by Crippen LogP contribution is -2.65. The largest absolute Gasteiger partial charge is 0.482 e. The number of methoxy groups -OCH3 is 2. The van der Waals surface area contributed by atoms with Crippen LogP contribution in [-0.4, -0.2) is 63.7 Å². The summed E-state index contributed by atoms with van der Waals surface area (Å²) >= 11 is 0. The third-order valence-corrected chi connectivity index (χ3v) is 8.26. The van der Waals surface area contributed by atoms with Crippen LogP contribution in [0.4, 0.5) is 0 Å². The predicted molar refractivity (Wildman–Crippen MR) is 129 cm³/mol. The van der Waals surface area contributed by atoms with Crippen molar-refractivity contribution in [3.05, 3.63) is 70.8 Å². The Kier molecular flexibility index (Phi) is 5.59. The number of benzene rings is 2. The van der Waals surface area contributed by atoms with Gasteiger partial charge in [0.05, 0.1) is 19.3 Å². The van der Waals surface area contributed by atoms with Crippen molar-refractivity contribution in [3.8, 4) is 11.5 Å². The molecule has 0 unspecified atom stereocenters. The molecule has 7 nitrogen and oxygen atoms in total. The zero-order chi connectivity index (χ0) is 24.2. The highest BCUT2D eigenvalue weighted by atomic mass is 16.7. The molecule has 5 atom stereocenters. The number of likely N-dealkylation sites (N-methyl/N-ethyl adjacent to an activating group) is 1. The van der Waals surface area contributed by atoms with Crippen molar-refractivity contribution in [3.63, 3.8) is 0 Å². The lowest BCUT2D eigenvalue weighted by molar-refractivity contribution is -0.0757. The van der Waals surface area contributed by atoms with Gasteiger partial charge < -0.3 is 28.6 Å². The molecule has 0 aromatic heterocycles. The van der Waals surface area contributed by atoms with Crippen LogP contribution in [-0.2, 0) is 32.7 Å². The molecule has 1 fully saturated rings. The molecule has 7 heteroatoms. The molecule has 2 bridgehead atoms. The molecule has 2 heterocycles. The minimum absolute atomic E-state index is 0.121. The molecule has 6 rings (SSSR count). The zero-order valence-electron chi connectivity index (χ0n) is 20.4. The van der Waals surface area contributed by atoms with Crippen molar-refractivity contribution in [2.45, 2.75) is 43.1 Å². The average molecular weight is 478 g/mol. The SMILES string of the molecule is COCOc1ccc2c3c1O[C@H]1[C@@H](OCc4ccc(C(=O)OC)cc4)C=C[C@H]4[C@@H](C2)N(C)CC[C@@]341. The minimum Gasteiger partial charge on any atom is -0.482 e. The van der Waals surface area contributed by atoms with E-state index < -0.39 is 0 Å². The summed E-state index contributed by atoms with van der Waals surface area (Å²) in [4.78, 5) is 14.2. The van der Waals surface area contributed by atoms with Gasteiger partial charge in [-0.1, -0.05) is 30.4 Å². The smallest absolute Gasteiger partial charge is 0.337 e. The molecule has 2 aliphatic carbocycles. The standard InChI is InChI=1S/C28H31NO6/c1-29-13-12-28-20-9-11-23(33-15-17-4-6-18(7-5-17)27(30)32-3)26(28)35-25-22(34-16-31-2)10-8-19(24(25)28)14-21(20)29/h4-11,20-21,23,26H,12-16H2,1-3H3/t20-,21+,23-,26-,28-/m0/s1. The number of nitrogens with zero attached hydrogens (tertiary/aromatic N) is 1. The van der Waals surface area contributed by atoms with E-state index in [-0.39, 0.29) is 30.4 Å². The van der Waals surface area contributed by atoms with Crippen molar-refractivity contribution < 1.29 is 28.5 Å². The lowest BCUT2D eigenvalue weighted by Gasteiger charge is -2.56. The van der Waals surface area contributed by atoms with Crippen molar-refractivity contribution in [2.24, 2.45) is 5.92 Å². The summed E-state index contributed by atoms with van der Waals surface area (Å²) in [5.41, 5.74) is 4.07. The number of hydrogen-bond donors (Lipinski definition) is 0. The second kappa shape index (κ2) is 8.66. The van der Waals surface area contributed by atoms with E-state index >= 15 is 0 Å². The van der Waals surface area contributed by atoms with Crippen LogP contribution in [0.25, 0.3) is 0 Å². The summed E-state index contributed by atoms with van der Waals surface area (Å²) in [7, 11) is 5.25. The Morgan fingerprint density at radius 2 is 1.97 bits per heavy atom. The Balaban J connectivity index is 1.32. The van der Waals surface area contributed by atoms with E-state index in [1.54, 1.807) is 19.2 Å². The molecule has 2 aromatic rings. The monoisotopic (exact) mass is 477 g/mol. The van der Waals surface area contributed by atoms with E-state index in [4.69, 9.17) is 23.7 Å². The first kappa shape index (κ1) is 22.6. The molecule has 0 amide bonds. The topological polar surface area (TPSA) is 66.5 Å². The van der Waals surface area contributed by atoms with Crippen LogP contribution in [0.3, 0.4) is 0 Å². The van der Waals surface area contributed by atoms with Gasteiger partial charge in [-0.3, -0.25) is 0 Å². The molecule has 184 valence electrons. The molecule has 1 spiro atoms. The van der Waals surface area contributed by atoms with Crippen molar-refractivity contribution in [1.29, 1.82) is 0 Å². The lowest BCUT2D eigenvalue weighted by atomic mass is 9.53. The molecule has 4 aliphatic rings. The highest BCUT2D eigenvalue weighted by Crippen LogP contribution is 2.62. The third-order valence-electron chi connectivity index (χ3n) is 8.26. The molecule has 0 radical (unpaired) electrons. The number of hydrogen-bond acceptors (Lipinski definition) is 7. The normalized spacial score (nSPS) is 29.9. The molecular formula is C28H31NO6. The highest BCUT2D eigenvalue weighted by molar-refractivity contribution is 5.89. The van der Waals surface area contributed by atoms with Crippen molar-refractivity contribution in [1.82, 2.24) is 4.90 Å². The molecule has 0 N–H and O–H groups in total. The van der Waals surface area contributed by atoms with Gasteiger partial charge in [0.15, 0.2) is 18.3 Å². The van der Waals surface area contributed by atoms with E-state index in [0.717, 1.165) is 36.4 Å². The van der Waals surface area contributed by atoms with Crippen molar-refractivity contribution >= 4 is 5.97 Å². The quantitative estimate of drug-likeness (QED) is 0.344. The van der Waals surface area contributed by atoms with Crippen LogP contribution < -0.4 is 9.47 Å². The molecule has 0 saturated carbocycles. The fourth-order valence-electron chi connectivity index (χ4n) is 6.64. The zero-order valence-corrected chi connectivity index (χ0v) is 20.4. The van der Waals surface area contributed by atoms with Crippen LogP contribution in [0.1, 0.15) is 33.5 Å². The number of carbonyl (C=O) groups excluding carboxylic acids is 1. The Morgan fingerprint density at radius 3 is 2.74 bits per heavy atom. The Labute approximate surface area is 205 Å². The van der Waals surface area contributed by atoms with Gasteiger partial charge in [-0.2, -0.15) is 0 Å². The van der Waals surface area contributed by atoms with Gasteiger partial charge in [0.25, 0.3) is 0 Å². The van der Waals surface area contributed by atoms with Gasteiger partial charge in [0.1, 0.15) is 12.2 Å². The maximum absolute atomic E-state index is 11.7. The predicted octanol–water partition coefficient (Wildman–Crippen LogP) is 3.49. The van der Waals surface area contributed by atoms with E-state index in [2.05, 4.69) is 30.2 Å². The number of piperidine rings is 1. The third kappa shape index (κ3) is 3.40. The minimum atomic E-state index is -0.341. The second-order valence-electron chi connectivity index (χ2n) is 9.93. The Hall–Kier alpha value is -2.87. The summed E-state index contributed by atoms with van der Waals surface area (Å²) in [6.07, 6.45) is 6.27. The maximum atomic E-state index is 11.7. The van der Waals surface area contributed by atoms with Gasteiger partial charge >= 0.3 is 5.97 Å². The Morgan fingerprint density at radius 1 is 1.14 bits per heavy atom. The van der Waals surface area contributed by atoms with E-state index in [1.807, 2.05) is 18.2 Å². The summed E-state index contributed by atoms with van der Waals surface area (Å²) in [5, 5.41) is 0. The van der Waals surface area contributed by atoms with Gasteiger partial charge in [-0.15, -0.1) is 0 Å². The van der Waals surface area contributed by atoms with E-state index in [9.17, 15) is 4.79 Å². The first-order chi connectivity index (χ1) is 17.1. The molecule has 35 heavy (non-hydrogen) atoms. The number of likely N-dealkylation sites (tertiary alicyclic amines) is 1. The van der Waals surface area contributed by atoms with Crippen LogP contribution in [0, 0.1) is 5.92 Å². The maximum Gasteiger partial charge on any atom is 0.337 e. The highest BCUT2D eigenvalue weighted by Gasteiger charge is 2.64. The number of esters is 1. The molecule has 2 aromatic carbocycles. The van der Waals surface area contributed by atoms with E-state index in [0.29, 0.717) is 24.1 Å². The second-order valence-corrected chi connectivity index (χ2v) is 9.93. The summed E-state index contributed by atoms with van der Waals surface area (Å²) in [6.45, 7) is 1.64. The summed E-state index contributed by atoms with van der Waals surface area (Å²) in [5.74, 6) is 1.63. The van der Waals surface area contributed by atoms with Gasteiger partial charge in [-0.05, 0) is 55.8 Å². The van der Waals surface area contributed by atoms with Gasteiger partial charge in [0, 0.05) is 30.0 Å². The first-order valence-corrected chi connectivity index (χ1v) is 12.2.